The summed E-state index contributed by atoms with van der Waals surface area (Å²) < 4.78 is 5.75. The van der Waals surface area contributed by atoms with E-state index in [1.807, 2.05) is 18.2 Å². The second kappa shape index (κ2) is 6.59. The van der Waals surface area contributed by atoms with Gasteiger partial charge in [-0.05, 0) is 30.3 Å². The highest BCUT2D eigenvalue weighted by Gasteiger charge is 2.32. The topological polar surface area (TPSA) is 65.4 Å². The molecular formula is C17H14ClN3O2. The molecule has 116 valence electrons. The predicted molar refractivity (Wildman–Crippen MR) is 87.6 cm³/mol. The molecule has 0 radical (unpaired) electrons. The molecule has 2 amide bonds. The van der Waals surface area contributed by atoms with E-state index in [1.54, 1.807) is 41.3 Å². The van der Waals surface area contributed by atoms with Gasteiger partial charge in [-0.15, -0.1) is 0 Å². The van der Waals surface area contributed by atoms with Crippen molar-refractivity contribution in [2.75, 3.05) is 18.4 Å². The molecule has 1 heterocycles. The molecule has 0 aromatic heterocycles. The third kappa shape index (κ3) is 3.55. The van der Waals surface area contributed by atoms with E-state index in [-0.39, 0.29) is 12.1 Å². The summed E-state index contributed by atoms with van der Waals surface area (Å²) in [5, 5.41) is 12.2. The van der Waals surface area contributed by atoms with Crippen LogP contribution in [0.5, 0.6) is 5.75 Å². The van der Waals surface area contributed by atoms with Crippen molar-refractivity contribution >= 4 is 23.3 Å². The number of nitriles is 1. The molecule has 1 fully saturated rings. The number of hydrogen-bond acceptors (Lipinski definition) is 3. The summed E-state index contributed by atoms with van der Waals surface area (Å²) >= 11 is 6.04. The quantitative estimate of drug-likeness (QED) is 0.938. The number of nitrogens with zero attached hydrogens (tertiary/aromatic N) is 2. The van der Waals surface area contributed by atoms with Crippen LogP contribution in [-0.2, 0) is 0 Å². The molecule has 0 aliphatic carbocycles. The highest BCUT2D eigenvalue weighted by molar-refractivity contribution is 6.32. The molecule has 3 rings (SSSR count). The first-order valence-corrected chi connectivity index (χ1v) is 7.51. The first-order valence-electron chi connectivity index (χ1n) is 7.13. The van der Waals surface area contributed by atoms with Crippen molar-refractivity contribution in [3.05, 3.63) is 59.1 Å². The zero-order valence-electron chi connectivity index (χ0n) is 12.2. The fraction of sp³-hybridized carbons (Fsp3) is 0.176. The average molecular weight is 328 g/mol. The van der Waals surface area contributed by atoms with E-state index in [0.717, 1.165) is 0 Å². The second-order valence-corrected chi connectivity index (χ2v) is 5.61. The SMILES string of the molecule is N#Cc1cccc(NC(=O)N2CC(Oc3ccccc3Cl)C2)c1. The number of hydrogen-bond donors (Lipinski definition) is 1. The standard InChI is InChI=1S/C17H14ClN3O2/c18-15-6-1-2-7-16(15)23-14-10-21(11-14)17(22)20-13-5-3-4-12(8-13)9-19/h1-8,14H,10-11H2,(H,20,22). The molecule has 1 aliphatic heterocycles. The minimum Gasteiger partial charge on any atom is -0.485 e. The molecule has 0 unspecified atom stereocenters. The van der Waals surface area contributed by atoms with E-state index in [9.17, 15) is 4.79 Å². The maximum absolute atomic E-state index is 12.1. The molecule has 1 N–H and O–H groups in total. The van der Waals surface area contributed by atoms with Gasteiger partial charge in [-0.2, -0.15) is 5.26 Å². The monoisotopic (exact) mass is 327 g/mol. The molecule has 0 saturated carbocycles. The zero-order valence-corrected chi connectivity index (χ0v) is 13.0. The highest BCUT2D eigenvalue weighted by atomic mass is 35.5. The van der Waals surface area contributed by atoms with Gasteiger partial charge in [0.15, 0.2) is 0 Å². The van der Waals surface area contributed by atoms with Crippen LogP contribution in [0.25, 0.3) is 0 Å². The smallest absolute Gasteiger partial charge is 0.322 e. The minimum atomic E-state index is -0.209. The van der Waals surface area contributed by atoms with E-state index in [1.165, 1.54) is 0 Å². The fourth-order valence-electron chi connectivity index (χ4n) is 2.27. The van der Waals surface area contributed by atoms with Crippen LogP contribution in [0, 0.1) is 11.3 Å². The Morgan fingerprint density at radius 3 is 2.78 bits per heavy atom. The van der Waals surface area contributed by atoms with Crippen molar-refractivity contribution in [2.45, 2.75) is 6.10 Å². The third-order valence-corrected chi connectivity index (χ3v) is 3.82. The number of carbonyl (C=O) groups excluding carboxylic acids is 1. The molecule has 0 spiro atoms. The van der Waals surface area contributed by atoms with Crippen molar-refractivity contribution < 1.29 is 9.53 Å². The molecule has 5 nitrogen and oxygen atoms in total. The first kappa shape index (κ1) is 15.2. The van der Waals surface area contributed by atoms with E-state index in [0.29, 0.717) is 35.1 Å². The Labute approximate surface area is 139 Å². The van der Waals surface area contributed by atoms with Gasteiger partial charge in [0.1, 0.15) is 11.9 Å². The van der Waals surface area contributed by atoms with Crippen LogP contribution in [0.3, 0.4) is 0 Å². The van der Waals surface area contributed by atoms with Crippen molar-refractivity contribution in [3.63, 3.8) is 0 Å². The number of urea groups is 1. The largest absolute Gasteiger partial charge is 0.485 e. The summed E-state index contributed by atoms with van der Waals surface area (Å²) in [6, 6.07) is 15.9. The number of amides is 2. The van der Waals surface area contributed by atoms with Crippen molar-refractivity contribution in [3.8, 4) is 11.8 Å². The van der Waals surface area contributed by atoms with Gasteiger partial charge < -0.3 is 15.0 Å². The van der Waals surface area contributed by atoms with Crippen LogP contribution in [0.4, 0.5) is 10.5 Å². The minimum absolute atomic E-state index is 0.0638. The van der Waals surface area contributed by atoms with Gasteiger partial charge in [0, 0.05) is 5.69 Å². The van der Waals surface area contributed by atoms with Crippen LogP contribution in [0.15, 0.2) is 48.5 Å². The lowest BCUT2D eigenvalue weighted by molar-refractivity contribution is 0.0494. The number of ether oxygens (including phenoxy) is 1. The number of rotatable bonds is 3. The van der Waals surface area contributed by atoms with Crippen molar-refractivity contribution in [2.24, 2.45) is 0 Å². The van der Waals surface area contributed by atoms with Gasteiger partial charge in [-0.3, -0.25) is 0 Å². The normalized spacial score (nSPS) is 13.8. The summed E-state index contributed by atoms with van der Waals surface area (Å²) in [7, 11) is 0. The lowest BCUT2D eigenvalue weighted by Crippen LogP contribution is -2.57. The van der Waals surface area contributed by atoms with Gasteiger partial charge in [0.2, 0.25) is 0 Å². The molecule has 23 heavy (non-hydrogen) atoms. The molecule has 0 bridgehead atoms. The Morgan fingerprint density at radius 1 is 1.26 bits per heavy atom. The number of anilines is 1. The maximum Gasteiger partial charge on any atom is 0.322 e. The zero-order chi connectivity index (χ0) is 16.2. The summed E-state index contributed by atoms with van der Waals surface area (Å²) in [5.74, 6) is 0.626. The summed E-state index contributed by atoms with van der Waals surface area (Å²) in [6.07, 6.45) is -0.0638. The van der Waals surface area contributed by atoms with Crippen molar-refractivity contribution in [1.82, 2.24) is 4.90 Å². The molecule has 1 saturated heterocycles. The Bertz CT molecular complexity index is 766. The van der Waals surface area contributed by atoms with Crippen LogP contribution in [0.1, 0.15) is 5.56 Å². The van der Waals surface area contributed by atoms with Gasteiger partial charge in [0.05, 0.1) is 29.7 Å². The average Bonchev–Trinajstić information content (AvgIpc) is 2.52. The van der Waals surface area contributed by atoms with E-state index in [4.69, 9.17) is 21.6 Å². The molecular weight excluding hydrogens is 314 g/mol. The summed E-state index contributed by atoms with van der Waals surface area (Å²) in [6.45, 7) is 0.990. The Hall–Kier alpha value is -2.71. The van der Waals surface area contributed by atoms with Crippen LogP contribution in [-0.4, -0.2) is 30.1 Å². The number of nitrogens with one attached hydrogen (secondary N) is 1. The summed E-state index contributed by atoms with van der Waals surface area (Å²) in [5.41, 5.74) is 1.11. The molecule has 2 aromatic rings. The third-order valence-electron chi connectivity index (χ3n) is 3.51. The van der Waals surface area contributed by atoms with E-state index < -0.39 is 0 Å². The summed E-state index contributed by atoms with van der Waals surface area (Å²) in [4.78, 5) is 13.7. The van der Waals surface area contributed by atoms with Gasteiger partial charge in [-0.25, -0.2) is 4.79 Å². The number of halogens is 1. The first-order chi connectivity index (χ1) is 11.2. The lowest BCUT2D eigenvalue weighted by atomic mass is 10.1. The Morgan fingerprint density at radius 2 is 2.04 bits per heavy atom. The number of likely N-dealkylation sites (tertiary alicyclic amines) is 1. The number of benzene rings is 2. The molecule has 6 heteroatoms. The Balaban J connectivity index is 1.52. The fourth-order valence-corrected chi connectivity index (χ4v) is 2.45. The van der Waals surface area contributed by atoms with Crippen LogP contribution < -0.4 is 10.1 Å². The molecule has 2 aromatic carbocycles. The molecule has 0 atom stereocenters. The van der Waals surface area contributed by atoms with Crippen LogP contribution >= 0.6 is 11.6 Å². The predicted octanol–water partition coefficient (Wildman–Crippen LogP) is 3.51. The van der Waals surface area contributed by atoms with E-state index in [2.05, 4.69) is 5.32 Å². The van der Waals surface area contributed by atoms with Crippen LogP contribution in [0.2, 0.25) is 5.02 Å². The van der Waals surface area contributed by atoms with Gasteiger partial charge in [-0.1, -0.05) is 29.8 Å². The maximum atomic E-state index is 12.1. The lowest BCUT2D eigenvalue weighted by Gasteiger charge is -2.38. The molecule has 1 aliphatic rings. The Kier molecular flexibility index (Phi) is 4.35. The number of carbonyl (C=O) groups is 1. The van der Waals surface area contributed by atoms with Crippen molar-refractivity contribution in [1.29, 1.82) is 5.26 Å². The highest BCUT2D eigenvalue weighted by Crippen LogP contribution is 2.26. The van der Waals surface area contributed by atoms with Gasteiger partial charge >= 0.3 is 6.03 Å². The van der Waals surface area contributed by atoms with E-state index >= 15 is 0 Å². The second-order valence-electron chi connectivity index (χ2n) is 5.20. The van der Waals surface area contributed by atoms with Gasteiger partial charge in [0.25, 0.3) is 0 Å². The number of para-hydroxylation sites is 1.